The molecule has 1 atom stereocenters. The van der Waals surface area contributed by atoms with Crippen molar-refractivity contribution in [3.8, 4) is 5.75 Å². The SMILES string of the molecule is O=C[C@H]1CC[C@H](NC(=O)CCCc2cccc(OC(=O)C3([C@@H]4CN5CCC4CC5)CCCCC3)c2)CC1. The standard InChI is InChI=1S/C31H44N2O4/c34-22-24-10-12-26(13-11-24)32-29(35)9-5-7-23-6-4-8-27(20-23)37-30(36)31(16-2-1-3-17-31)28-21-33-18-14-25(28)15-19-33/h4,6,8,20,22,24-26,28H,1-3,5,7,9-19,21H2,(H,32,35)/t24-,26-,28-/m1/s1. The van der Waals surface area contributed by atoms with E-state index in [0.29, 0.717) is 24.0 Å². The number of carbonyl (C=O) groups excluding carboxylic acids is 3. The van der Waals surface area contributed by atoms with Crippen LogP contribution < -0.4 is 10.1 Å². The number of nitrogens with one attached hydrogen (secondary N) is 1. The van der Waals surface area contributed by atoms with Crippen LogP contribution >= 0.6 is 0 Å². The van der Waals surface area contributed by atoms with Gasteiger partial charge in [0, 0.05) is 24.9 Å². The lowest BCUT2D eigenvalue weighted by Gasteiger charge is -2.53. The molecule has 5 fully saturated rings. The summed E-state index contributed by atoms with van der Waals surface area (Å²) < 4.78 is 6.14. The Hall–Kier alpha value is -2.21. The second-order valence-electron chi connectivity index (χ2n) is 12.2. The van der Waals surface area contributed by atoms with E-state index in [1.807, 2.05) is 18.2 Å². The zero-order chi connectivity index (χ0) is 25.7. The van der Waals surface area contributed by atoms with E-state index in [1.165, 1.54) is 32.4 Å². The summed E-state index contributed by atoms with van der Waals surface area (Å²) >= 11 is 0. The van der Waals surface area contributed by atoms with E-state index in [1.54, 1.807) is 0 Å². The van der Waals surface area contributed by atoms with Gasteiger partial charge in [-0.2, -0.15) is 0 Å². The highest BCUT2D eigenvalue weighted by Crippen LogP contribution is 2.51. The summed E-state index contributed by atoms with van der Waals surface area (Å²) in [5.41, 5.74) is 0.770. The highest BCUT2D eigenvalue weighted by atomic mass is 16.5. The minimum absolute atomic E-state index is 0.00761. The van der Waals surface area contributed by atoms with Gasteiger partial charge in [0.25, 0.3) is 0 Å². The molecule has 1 aromatic rings. The monoisotopic (exact) mass is 508 g/mol. The molecule has 6 rings (SSSR count). The van der Waals surface area contributed by atoms with Crippen LogP contribution in [0.5, 0.6) is 5.75 Å². The van der Waals surface area contributed by atoms with Crippen molar-refractivity contribution in [1.29, 1.82) is 0 Å². The highest BCUT2D eigenvalue weighted by molar-refractivity contribution is 5.80. The topological polar surface area (TPSA) is 75.7 Å². The molecule has 37 heavy (non-hydrogen) atoms. The third-order valence-electron chi connectivity index (χ3n) is 9.83. The first-order valence-corrected chi connectivity index (χ1v) is 14.8. The zero-order valence-electron chi connectivity index (χ0n) is 22.3. The zero-order valence-corrected chi connectivity index (χ0v) is 22.3. The van der Waals surface area contributed by atoms with Gasteiger partial charge in [0.15, 0.2) is 0 Å². The number of piperidine rings is 3. The minimum Gasteiger partial charge on any atom is -0.426 e. The Morgan fingerprint density at radius 3 is 2.46 bits per heavy atom. The maximum absolute atomic E-state index is 13.8. The van der Waals surface area contributed by atoms with Crippen LogP contribution in [0, 0.1) is 23.2 Å². The van der Waals surface area contributed by atoms with E-state index in [9.17, 15) is 14.4 Å². The van der Waals surface area contributed by atoms with Crippen molar-refractivity contribution in [2.75, 3.05) is 19.6 Å². The number of hydrogen-bond acceptors (Lipinski definition) is 5. The van der Waals surface area contributed by atoms with Gasteiger partial charge in [-0.05, 0) is 107 Å². The summed E-state index contributed by atoms with van der Waals surface area (Å²) in [6.07, 6.45) is 14.5. The fraction of sp³-hybridized carbons (Fsp3) is 0.710. The van der Waals surface area contributed by atoms with Crippen LogP contribution in [0.1, 0.15) is 89.0 Å². The molecular weight excluding hydrogens is 464 g/mol. The summed E-state index contributed by atoms with van der Waals surface area (Å²) in [5.74, 6) is 1.98. The Morgan fingerprint density at radius 2 is 1.78 bits per heavy atom. The molecule has 2 aliphatic carbocycles. The van der Waals surface area contributed by atoms with Gasteiger partial charge in [0.05, 0.1) is 5.41 Å². The smallest absolute Gasteiger partial charge is 0.317 e. The van der Waals surface area contributed by atoms with Gasteiger partial charge in [-0.1, -0.05) is 31.4 Å². The predicted octanol–water partition coefficient (Wildman–Crippen LogP) is 5.08. The van der Waals surface area contributed by atoms with Crippen LogP contribution in [0.4, 0.5) is 0 Å². The second-order valence-corrected chi connectivity index (χ2v) is 12.2. The summed E-state index contributed by atoms with van der Waals surface area (Å²) in [5, 5.41) is 3.14. The molecule has 2 saturated carbocycles. The van der Waals surface area contributed by atoms with Gasteiger partial charge in [0.1, 0.15) is 12.0 Å². The number of aryl methyl sites for hydroxylation is 1. The van der Waals surface area contributed by atoms with Crippen LogP contribution in [0.3, 0.4) is 0 Å². The quantitative estimate of drug-likeness (QED) is 0.286. The number of benzene rings is 1. The van der Waals surface area contributed by atoms with E-state index in [-0.39, 0.29) is 29.3 Å². The Balaban J connectivity index is 1.14. The first kappa shape index (κ1) is 26.4. The number of rotatable bonds is 9. The molecule has 202 valence electrons. The highest BCUT2D eigenvalue weighted by Gasteiger charge is 2.53. The number of amides is 1. The summed E-state index contributed by atoms with van der Waals surface area (Å²) in [6, 6.07) is 8.11. The number of aldehydes is 1. The number of hydrogen-bond donors (Lipinski definition) is 1. The molecular formula is C31H44N2O4. The number of fused-ring (bicyclic) bond motifs is 3. The molecule has 6 nitrogen and oxygen atoms in total. The van der Waals surface area contributed by atoms with Crippen molar-refractivity contribution in [3.05, 3.63) is 29.8 Å². The van der Waals surface area contributed by atoms with Crippen molar-refractivity contribution >= 4 is 18.2 Å². The first-order valence-electron chi connectivity index (χ1n) is 14.8. The summed E-state index contributed by atoms with van der Waals surface area (Å²) in [6.45, 7) is 3.43. The Morgan fingerprint density at radius 1 is 1.03 bits per heavy atom. The first-order chi connectivity index (χ1) is 18.1. The molecule has 1 N–H and O–H groups in total. The van der Waals surface area contributed by atoms with Gasteiger partial charge in [0.2, 0.25) is 5.91 Å². The summed E-state index contributed by atoms with van der Waals surface area (Å²) in [4.78, 5) is 39.7. The lowest BCUT2D eigenvalue weighted by atomic mass is 9.58. The molecule has 0 unspecified atom stereocenters. The van der Waals surface area contributed by atoms with Crippen LogP contribution in [0.2, 0.25) is 0 Å². The Kier molecular flexibility index (Phi) is 8.63. The fourth-order valence-corrected chi connectivity index (χ4v) is 7.63. The molecule has 3 aliphatic heterocycles. The van der Waals surface area contributed by atoms with Crippen LogP contribution in [0.15, 0.2) is 24.3 Å². The van der Waals surface area contributed by atoms with Gasteiger partial charge >= 0.3 is 5.97 Å². The maximum Gasteiger partial charge on any atom is 0.317 e. The number of ether oxygens (including phenoxy) is 1. The van der Waals surface area contributed by atoms with Crippen molar-refractivity contribution in [3.63, 3.8) is 0 Å². The predicted molar refractivity (Wildman–Crippen MR) is 143 cm³/mol. The van der Waals surface area contributed by atoms with E-state index in [2.05, 4.69) is 16.3 Å². The van der Waals surface area contributed by atoms with E-state index in [0.717, 1.165) is 82.6 Å². The van der Waals surface area contributed by atoms with Crippen LogP contribution in [-0.2, 0) is 20.8 Å². The Labute approximate surface area is 221 Å². The van der Waals surface area contributed by atoms with Gasteiger partial charge in [-0.3, -0.25) is 9.59 Å². The molecule has 0 aromatic heterocycles. The number of carbonyl (C=O) groups is 3. The van der Waals surface area contributed by atoms with Crippen LogP contribution in [-0.4, -0.2) is 48.7 Å². The molecule has 3 heterocycles. The lowest BCUT2D eigenvalue weighted by molar-refractivity contribution is -0.159. The van der Waals surface area contributed by atoms with E-state index < -0.39 is 0 Å². The van der Waals surface area contributed by atoms with Crippen molar-refractivity contribution in [1.82, 2.24) is 10.2 Å². The number of esters is 1. The minimum atomic E-state index is -0.332. The number of nitrogens with zero attached hydrogens (tertiary/aromatic N) is 1. The van der Waals surface area contributed by atoms with Crippen molar-refractivity contribution < 1.29 is 19.1 Å². The van der Waals surface area contributed by atoms with E-state index in [4.69, 9.17) is 4.74 Å². The van der Waals surface area contributed by atoms with Crippen LogP contribution in [0.25, 0.3) is 0 Å². The molecule has 0 spiro atoms. The third-order valence-corrected chi connectivity index (χ3v) is 9.83. The maximum atomic E-state index is 13.8. The largest absolute Gasteiger partial charge is 0.426 e. The third kappa shape index (κ3) is 6.27. The van der Waals surface area contributed by atoms with Crippen molar-refractivity contribution in [2.24, 2.45) is 23.2 Å². The molecule has 2 bridgehead atoms. The second kappa shape index (κ2) is 12.1. The average Bonchev–Trinajstić information content (AvgIpc) is 2.94. The fourth-order valence-electron chi connectivity index (χ4n) is 7.63. The Bertz CT molecular complexity index is 940. The summed E-state index contributed by atoms with van der Waals surface area (Å²) in [7, 11) is 0. The molecule has 1 amide bonds. The molecule has 5 aliphatic rings. The average molecular weight is 509 g/mol. The molecule has 3 saturated heterocycles. The van der Waals surface area contributed by atoms with Crippen molar-refractivity contribution in [2.45, 2.75) is 95.9 Å². The van der Waals surface area contributed by atoms with E-state index >= 15 is 0 Å². The molecule has 0 radical (unpaired) electrons. The molecule has 1 aromatic carbocycles. The lowest BCUT2D eigenvalue weighted by Crippen LogP contribution is -2.57. The van der Waals surface area contributed by atoms with Gasteiger partial charge in [-0.15, -0.1) is 0 Å². The molecule has 6 heteroatoms. The van der Waals surface area contributed by atoms with Gasteiger partial charge in [-0.25, -0.2) is 0 Å². The van der Waals surface area contributed by atoms with Gasteiger partial charge < -0.3 is 19.7 Å². The normalized spacial score (nSPS) is 30.9.